The Morgan fingerprint density at radius 2 is 2.11 bits per heavy atom. The van der Waals surface area contributed by atoms with Crippen molar-refractivity contribution in [3.8, 4) is 11.4 Å². The Hall–Kier alpha value is -3.22. The molecule has 0 aliphatic heterocycles. The molecule has 1 aliphatic rings. The van der Waals surface area contributed by atoms with E-state index >= 15 is 0 Å². The summed E-state index contributed by atoms with van der Waals surface area (Å²) in [6.45, 7) is 1.97. The minimum Gasteiger partial charge on any atom is -0.445 e. The highest BCUT2D eigenvalue weighted by molar-refractivity contribution is 5.67. The van der Waals surface area contributed by atoms with Gasteiger partial charge in [0.05, 0.1) is 0 Å². The van der Waals surface area contributed by atoms with Crippen molar-refractivity contribution in [3.63, 3.8) is 0 Å². The van der Waals surface area contributed by atoms with E-state index in [1.54, 1.807) is 13.1 Å². The van der Waals surface area contributed by atoms with Gasteiger partial charge in [-0.15, -0.1) is 0 Å². The highest BCUT2D eigenvalue weighted by Gasteiger charge is 2.25. The van der Waals surface area contributed by atoms with Crippen molar-refractivity contribution in [2.45, 2.75) is 38.3 Å². The number of hydrogen-bond donors (Lipinski definition) is 1. The van der Waals surface area contributed by atoms with Crippen molar-refractivity contribution in [2.75, 3.05) is 0 Å². The summed E-state index contributed by atoms with van der Waals surface area (Å²) in [7, 11) is 0. The molecule has 0 spiro atoms. The number of alkyl carbamates (subject to hydrolysis) is 1. The lowest BCUT2D eigenvalue weighted by molar-refractivity contribution is 0.134. The maximum absolute atomic E-state index is 12.0. The highest BCUT2D eigenvalue weighted by Crippen LogP contribution is 2.39. The topological polar surface area (TPSA) is 90.1 Å². The van der Waals surface area contributed by atoms with Gasteiger partial charge < -0.3 is 14.6 Å². The molecule has 2 heterocycles. The molecule has 0 saturated heterocycles. The quantitative estimate of drug-likeness (QED) is 0.711. The Bertz CT molecular complexity index is 922. The number of nitrogens with one attached hydrogen (secondary N) is 1. The van der Waals surface area contributed by atoms with E-state index in [2.05, 4.69) is 20.4 Å². The van der Waals surface area contributed by atoms with Crippen LogP contribution < -0.4 is 5.32 Å². The third-order valence-electron chi connectivity index (χ3n) is 4.39. The monoisotopic (exact) mass is 364 g/mol. The van der Waals surface area contributed by atoms with E-state index in [-0.39, 0.29) is 6.61 Å². The first kappa shape index (κ1) is 17.2. The number of rotatable bonds is 6. The van der Waals surface area contributed by atoms with E-state index < -0.39 is 12.1 Å². The average Bonchev–Trinajstić information content (AvgIpc) is 3.43. The minimum atomic E-state index is -0.536. The van der Waals surface area contributed by atoms with Crippen LogP contribution in [0.4, 0.5) is 4.79 Å². The van der Waals surface area contributed by atoms with Crippen LogP contribution in [0.25, 0.3) is 11.4 Å². The molecule has 1 aromatic carbocycles. The fraction of sp³-hybridized carbons (Fsp3) is 0.300. The molecular weight excluding hydrogens is 344 g/mol. The van der Waals surface area contributed by atoms with Gasteiger partial charge in [0.15, 0.2) is 0 Å². The standard InChI is InChI=1S/C20H20N4O3/c1-13(22-20(25)26-12-14-5-3-2-4-6-14)19-23-18(24-27-19)16-9-10-21-17(11-16)15-7-8-15/h2-6,9-11,13,15H,7-8,12H2,1H3,(H,22,25)/t13-/m0/s1. The molecule has 1 N–H and O–H groups in total. The van der Waals surface area contributed by atoms with E-state index in [0.717, 1.165) is 16.8 Å². The zero-order chi connectivity index (χ0) is 18.6. The second kappa shape index (κ2) is 7.57. The van der Waals surface area contributed by atoms with E-state index in [1.165, 1.54) is 12.8 Å². The third kappa shape index (κ3) is 4.31. The number of benzene rings is 1. The second-order valence-electron chi connectivity index (χ2n) is 6.63. The van der Waals surface area contributed by atoms with Crippen molar-refractivity contribution in [1.82, 2.24) is 20.4 Å². The van der Waals surface area contributed by atoms with Gasteiger partial charge in [0.1, 0.15) is 12.6 Å². The zero-order valence-corrected chi connectivity index (χ0v) is 15.0. The smallest absolute Gasteiger partial charge is 0.408 e. The zero-order valence-electron chi connectivity index (χ0n) is 15.0. The molecule has 0 unspecified atom stereocenters. The van der Waals surface area contributed by atoms with Crippen molar-refractivity contribution in [2.24, 2.45) is 0 Å². The molecule has 7 nitrogen and oxygen atoms in total. The second-order valence-corrected chi connectivity index (χ2v) is 6.63. The SMILES string of the molecule is C[C@H](NC(=O)OCc1ccccc1)c1nc(-c2ccnc(C3CC3)c2)no1. The van der Waals surface area contributed by atoms with Gasteiger partial charge in [0, 0.05) is 23.4 Å². The molecule has 1 fully saturated rings. The van der Waals surface area contributed by atoms with Gasteiger partial charge in [-0.3, -0.25) is 4.98 Å². The normalized spacial score (nSPS) is 14.6. The number of ether oxygens (including phenoxy) is 1. The Morgan fingerprint density at radius 1 is 1.30 bits per heavy atom. The van der Waals surface area contributed by atoms with Gasteiger partial charge in [-0.25, -0.2) is 4.79 Å². The Morgan fingerprint density at radius 3 is 2.89 bits per heavy atom. The van der Waals surface area contributed by atoms with E-state index in [4.69, 9.17) is 9.26 Å². The van der Waals surface area contributed by atoms with Crippen LogP contribution in [0.1, 0.15) is 48.9 Å². The lowest BCUT2D eigenvalue weighted by Gasteiger charge is -2.10. The molecule has 2 aromatic heterocycles. The van der Waals surface area contributed by atoms with Gasteiger partial charge in [0.25, 0.3) is 0 Å². The molecule has 27 heavy (non-hydrogen) atoms. The van der Waals surface area contributed by atoms with Crippen molar-refractivity contribution in [3.05, 3.63) is 65.8 Å². The number of carbonyl (C=O) groups is 1. The Kier molecular flexibility index (Phi) is 4.82. The molecule has 3 aromatic rings. The van der Waals surface area contributed by atoms with Crippen LogP contribution in [0.3, 0.4) is 0 Å². The summed E-state index contributed by atoms with van der Waals surface area (Å²) in [6, 6.07) is 12.9. The number of hydrogen-bond acceptors (Lipinski definition) is 6. The van der Waals surface area contributed by atoms with Crippen LogP contribution in [0.5, 0.6) is 0 Å². The maximum atomic E-state index is 12.0. The fourth-order valence-electron chi connectivity index (χ4n) is 2.72. The predicted molar refractivity (Wildman–Crippen MR) is 97.7 cm³/mol. The van der Waals surface area contributed by atoms with Crippen molar-refractivity contribution < 1.29 is 14.1 Å². The predicted octanol–water partition coefficient (Wildman–Crippen LogP) is 4.00. The van der Waals surface area contributed by atoms with Crippen LogP contribution in [0.2, 0.25) is 0 Å². The van der Waals surface area contributed by atoms with Gasteiger partial charge in [-0.05, 0) is 37.5 Å². The lowest BCUT2D eigenvalue weighted by atomic mass is 10.2. The number of pyridine rings is 1. The molecule has 7 heteroatoms. The summed E-state index contributed by atoms with van der Waals surface area (Å²) in [4.78, 5) is 20.8. The van der Waals surface area contributed by atoms with Crippen LogP contribution >= 0.6 is 0 Å². The molecule has 0 radical (unpaired) electrons. The van der Waals surface area contributed by atoms with Gasteiger partial charge >= 0.3 is 6.09 Å². The first-order valence-corrected chi connectivity index (χ1v) is 8.96. The third-order valence-corrected chi connectivity index (χ3v) is 4.39. The summed E-state index contributed by atoms with van der Waals surface area (Å²) in [5, 5.41) is 6.72. The Balaban J connectivity index is 1.36. The molecule has 1 atom stereocenters. The lowest BCUT2D eigenvalue weighted by Crippen LogP contribution is -2.27. The summed E-state index contributed by atoms with van der Waals surface area (Å²) < 4.78 is 10.5. The Labute approximate surface area is 156 Å². The highest BCUT2D eigenvalue weighted by atomic mass is 16.5. The van der Waals surface area contributed by atoms with Crippen LogP contribution in [0, 0.1) is 0 Å². The van der Waals surface area contributed by atoms with Crippen LogP contribution in [-0.4, -0.2) is 21.2 Å². The largest absolute Gasteiger partial charge is 0.445 e. The number of aromatic nitrogens is 3. The summed E-state index contributed by atoms with van der Waals surface area (Å²) in [6.07, 6.45) is 3.59. The molecule has 138 valence electrons. The van der Waals surface area contributed by atoms with Gasteiger partial charge in [-0.1, -0.05) is 35.5 Å². The number of amides is 1. The molecule has 1 aliphatic carbocycles. The van der Waals surface area contributed by atoms with E-state index in [9.17, 15) is 4.79 Å². The summed E-state index contributed by atoms with van der Waals surface area (Å²) in [5.74, 6) is 1.36. The van der Waals surface area contributed by atoms with E-state index in [0.29, 0.717) is 17.6 Å². The first-order chi connectivity index (χ1) is 13.2. The van der Waals surface area contributed by atoms with E-state index in [1.807, 2.05) is 42.5 Å². The summed E-state index contributed by atoms with van der Waals surface area (Å²) >= 11 is 0. The average molecular weight is 364 g/mol. The summed E-state index contributed by atoms with van der Waals surface area (Å²) in [5.41, 5.74) is 2.85. The number of carbonyl (C=O) groups excluding carboxylic acids is 1. The van der Waals surface area contributed by atoms with Crippen LogP contribution in [-0.2, 0) is 11.3 Å². The molecule has 1 saturated carbocycles. The molecule has 4 rings (SSSR count). The van der Waals surface area contributed by atoms with Gasteiger partial charge in [-0.2, -0.15) is 4.98 Å². The number of nitrogens with zero attached hydrogens (tertiary/aromatic N) is 3. The van der Waals surface area contributed by atoms with Crippen LogP contribution in [0.15, 0.2) is 53.2 Å². The molecular formula is C20H20N4O3. The molecule has 1 amide bonds. The molecule has 0 bridgehead atoms. The maximum Gasteiger partial charge on any atom is 0.408 e. The van der Waals surface area contributed by atoms with Gasteiger partial charge in [0.2, 0.25) is 11.7 Å². The minimum absolute atomic E-state index is 0.204. The fourth-order valence-corrected chi connectivity index (χ4v) is 2.72. The van der Waals surface area contributed by atoms with Crippen molar-refractivity contribution >= 4 is 6.09 Å². The van der Waals surface area contributed by atoms with Crippen molar-refractivity contribution in [1.29, 1.82) is 0 Å². The first-order valence-electron chi connectivity index (χ1n) is 8.96.